The molecule has 0 aliphatic carbocycles. The van der Waals surface area contributed by atoms with Crippen molar-refractivity contribution in [1.29, 1.82) is 0 Å². The average Bonchev–Trinajstić information content (AvgIpc) is 2.73. The second-order valence-corrected chi connectivity index (χ2v) is 5.51. The van der Waals surface area contributed by atoms with Crippen molar-refractivity contribution in [3.05, 3.63) is 28.0 Å². The zero-order valence-electron chi connectivity index (χ0n) is 8.74. The summed E-state index contributed by atoms with van der Waals surface area (Å²) in [5.74, 6) is 0. The van der Waals surface area contributed by atoms with Crippen LogP contribution in [0.1, 0.15) is 30.5 Å². The van der Waals surface area contributed by atoms with Gasteiger partial charge in [0.15, 0.2) is 0 Å². The van der Waals surface area contributed by atoms with E-state index in [1.165, 1.54) is 9.75 Å². The largest absolute Gasteiger partial charge is 0.184 e. The fourth-order valence-electron chi connectivity index (χ4n) is 1.31. The Morgan fingerprint density at radius 3 is 2.57 bits per heavy atom. The zero-order valence-corrected chi connectivity index (χ0v) is 9.56. The van der Waals surface area contributed by atoms with Gasteiger partial charge in [0.1, 0.15) is 5.70 Å². The molecular formula is C11H14N2S. The Morgan fingerprint density at radius 1 is 1.29 bits per heavy atom. The van der Waals surface area contributed by atoms with Crippen LogP contribution in [0.3, 0.4) is 0 Å². The minimum absolute atomic E-state index is 0.235. The van der Waals surface area contributed by atoms with Crippen LogP contribution in [0.4, 0.5) is 0 Å². The lowest BCUT2D eigenvalue weighted by atomic mass is 9.95. The fraction of sp³-hybridized carbons (Fsp3) is 0.455. The van der Waals surface area contributed by atoms with Gasteiger partial charge in [-0.25, -0.2) is 0 Å². The van der Waals surface area contributed by atoms with Crippen LogP contribution >= 0.6 is 11.3 Å². The van der Waals surface area contributed by atoms with Crippen molar-refractivity contribution in [1.82, 2.24) is 0 Å². The van der Waals surface area contributed by atoms with E-state index in [2.05, 4.69) is 49.2 Å². The Hall–Kier alpha value is -0.960. The van der Waals surface area contributed by atoms with E-state index in [4.69, 9.17) is 0 Å². The molecule has 0 radical (unpaired) electrons. The molecule has 1 aliphatic rings. The molecule has 0 saturated heterocycles. The molecule has 0 bridgehead atoms. The molecule has 0 aromatic carbocycles. The van der Waals surface area contributed by atoms with E-state index < -0.39 is 0 Å². The van der Waals surface area contributed by atoms with E-state index >= 15 is 0 Å². The first kappa shape index (κ1) is 9.59. The third-order valence-corrected chi connectivity index (χ3v) is 3.68. The summed E-state index contributed by atoms with van der Waals surface area (Å²) in [6.07, 6.45) is 2.07. The monoisotopic (exact) mass is 206 g/mol. The van der Waals surface area contributed by atoms with Gasteiger partial charge in [0.2, 0.25) is 0 Å². The Balaban J connectivity index is 2.30. The molecule has 3 heteroatoms. The van der Waals surface area contributed by atoms with E-state index in [-0.39, 0.29) is 5.41 Å². The highest BCUT2D eigenvalue weighted by Crippen LogP contribution is 2.33. The average molecular weight is 206 g/mol. The second-order valence-electron chi connectivity index (χ2n) is 4.43. The topological polar surface area (TPSA) is 24.7 Å². The maximum Gasteiger partial charge on any atom is 0.100 e. The van der Waals surface area contributed by atoms with Crippen LogP contribution in [0, 0.1) is 0 Å². The molecule has 0 N–H and O–H groups in total. The highest BCUT2D eigenvalue weighted by molar-refractivity contribution is 7.13. The van der Waals surface area contributed by atoms with Crippen LogP contribution in [0.25, 0.3) is 5.70 Å². The molecule has 0 saturated carbocycles. The number of nitrogens with zero attached hydrogens (tertiary/aromatic N) is 2. The minimum atomic E-state index is 0.235. The molecule has 0 fully saturated rings. The third-order valence-electron chi connectivity index (χ3n) is 2.14. The van der Waals surface area contributed by atoms with Gasteiger partial charge in [0, 0.05) is 4.88 Å². The number of hydrogen-bond donors (Lipinski definition) is 0. The van der Waals surface area contributed by atoms with Gasteiger partial charge in [-0.15, -0.1) is 11.3 Å². The summed E-state index contributed by atoms with van der Waals surface area (Å²) < 4.78 is 0. The van der Waals surface area contributed by atoms with Crippen molar-refractivity contribution in [2.24, 2.45) is 10.2 Å². The van der Waals surface area contributed by atoms with E-state index in [1.807, 2.05) is 11.3 Å². The predicted octanol–water partition coefficient (Wildman–Crippen LogP) is 3.85. The van der Waals surface area contributed by atoms with Crippen LogP contribution in [-0.2, 0) is 5.41 Å². The maximum atomic E-state index is 4.10. The van der Waals surface area contributed by atoms with Crippen molar-refractivity contribution in [2.75, 3.05) is 6.54 Å². The molecule has 1 aliphatic heterocycles. The Bertz CT molecular complexity index is 394. The van der Waals surface area contributed by atoms with Crippen molar-refractivity contribution in [3.8, 4) is 0 Å². The number of thiophene rings is 1. The first-order chi connectivity index (χ1) is 6.57. The van der Waals surface area contributed by atoms with E-state index in [0.717, 1.165) is 12.2 Å². The van der Waals surface area contributed by atoms with Crippen LogP contribution in [0.5, 0.6) is 0 Å². The van der Waals surface area contributed by atoms with Gasteiger partial charge < -0.3 is 0 Å². The van der Waals surface area contributed by atoms with Crippen LogP contribution in [0.15, 0.2) is 28.4 Å². The molecule has 14 heavy (non-hydrogen) atoms. The van der Waals surface area contributed by atoms with Gasteiger partial charge >= 0.3 is 0 Å². The summed E-state index contributed by atoms with van der Waals surface area (Å²) in [5, 5.41) is 8.05. The second kappa shape index (κ2) is 3.31. The van der Waals surface area contributed by atoms with Gasteiger partial charge in [-0.05, 0) is 23.6 Å². The van der Waals surface area contributed by atoms with Crippen molar-refractivity contribution >= 4 is 17.0 Å². The van der Waals surface area contributed by atoms with Crippen LogP contribution in [-0.4, -0.2) is 6.54 Å². The maximum absolute atomic E-state index is 4.10. The van der Waals surface area contributed by atoms with E-state index in [0.29, 0.717) is 0 Å². The highest BCUT2D eigenvalue weighted by atomic mass is 32.1. The lowest BCUT2D eigenvalue weighted by Gasteiger charge is -2.15. The van der Waals surface area contributed by atoms with Crippen LogP contribution < -0.4 is 0 Å². The molecule has 1 aromatic rings. The lowest BCUT2D eigenvalue weighted by molar-refractivity contribution is 0.604. The molecule has 1 aromatic heterocycles. The molecule has 2 nitrogen and oxygen atoms in total. The van der Waals surface area contributed by atoms with Gasteiger partial charge in [-0.1, -0.05) is 20.8 Å². The molecule has 2 rings (SSSR count). The van der Waals surface area contributed by atoms with Crippen LogP contribution in [0.2, 0.25) is 0 Å². The molecule has 2 heterocycles. The van der Waals surface area contributed by atoms with Gasteiger partial charge in [0.25, 0.3) is 0 Å². The van der Waals surface area contributed by atoms with Crippen molar-refractivity contribution in [2.45, 2.75) is 26.2 Å². The lowest BCUT2D eigenvalue weighted by Crippen LogP contribution is -2.07. The first-order valence-electron chi connectivity index (χ1n) is 4.76. The number of hydrogen-bond acceptors (Lipinski definition) is 3. The molecule has 0 spiro atoms. The van der Waals surface area contributed by atoms with E-state index in [1.54, 1.807) is 0 Å². The Kier molecular flexibility index (Phi) is 2.27. The number of azo groups is 1. The van der Waals surface area contributed by atoms with Gasteiger partial charge in [0.05, 0.1) is 11.4 Å². The highest BCUT2D eigenvalue weighted by Gasteiger charge is 2.17. The quantitative estimate of drug-likeness (QED) is 0.666. The molecule has 0 unspecified atom stereocenters. The Morgan fingerprint density at radius 2 is 2.07 bits per heavy atom. The Labute approximate surface area is 88.4 Å². The SMILES string of the molecule is CC(C)(C)c1ccc(C2=CCN=N2)s1. The van der Waals surface area contributed by atoms with Crippen molar-refractivity contribution in [3.63, 3.8) is 0 Å². The zero-order chi connectivity index (χ0) is 10.2. The molecule has 0 atom stereocenters. The summed E-state index contributed by atoms with van der Waals surface area (Å²) in [7, 11) is 0. The third kappa shape index (κ3) is 1.77. The standard InChI is InChI=1S/C11H14N2S/c1-11(2,3)10-5-4-9(14-10)8-6-7-12-13-8/h4-6H,7H2,1-3H3. The van der Waals surface area contributed by atoms with Gasteiger partial charge in [-0.3, -0.25) is 0 Å². The summed E-state index contributed by atoms with van der Waals surface area (Å²) in [6, 6.07) is 4.33. The summed E-state index contributed by atoms with van der Waals surface area (Å²) in [6.45, 7) is 7.42. The van der Waals surface area contributed by atoms with E-state index in [9.17, 15) is 0 Å². The smallest absolute Gasteiger partial charge is 0.100 e. The summed E-state index contributed by atoms with van der Waals surface area (Å²) in [5.41, 5.74) is 1.27. The normalized spacial score (nSPS) is 16.1. The first-order valence-corrected chi connectivity index (χ1v) is 5.57. The predicted molar refractivity (Wildman–Crippen MR) is 60.7 cm³/mol. The summed E-state index contributed by atoms with van der Waals surface area (Å²) in [4.78, 5) is 2.63. The molecule has 0 amide bonds. The molecule has 74 valence electrons. The molecular weight excluding hydrogens is 192 g/mol. The summed E-state index contributed by atoms with van der Waals surface area (Å²) >= 11 is 1.82. The van der Waals surface area contributed by atoms with Gasteiger partial charge in [-0.2, -0.15) is 10.2 Å². The fourth-order valence-corrected chi connectivity index (χ4v) is 2.36. The minimum Gasteiger partial charge on any atom is -0.184 e. The van der Waals surface area contributed by atoms with Crippen molar-refractivity contribution < 1.29 is 0 Å². The number of rotatable bonds is 1.